The van der Waals surface area contributed by atoms with Gasteiger partial charge in [0.05, 0.1) is 10.4 Å². The van der Waals surface area contributed by atoms with E-state index >= 15 is 0 Å². The zero-order valence-electron chi connectivity index (χ0n) is 11.6. The third-order valence-electron chi connectivity index (χ3n) is 4.45. The lowest BCUT2D eigenvalue weighted by atomic mass is 10.1. The van der Waals surface area contributed by atoms with E-state index in [4.69, 9.17) is 11.6 Å². The van der Waals surface area contributed by atoms with Gasteiger partial charge in [0, 0.05) is 17.1 Å². The minimum Gasteiger partial charge on any atom is -0.331 e. The highest BCUT2D eigenvalue weighted by atomic mass is 35.5. The molecule has 1 aliphatic carbocycles. The summed E-state index contributed by atoms with van der Waals surface area (Å²) >= 11 is 7.56. The van der Waals surface area contributed by atoms with Gasteiger partial charge in [-0.25, -0.2) is 4.98 Å². The third-order valence-corrected chi connectivity index (χ3v) is 5.56. The minimum absolute atomic E-state index is 0.0729. The Morgan fingerprint density at radius 2 is 2.29 bits per heavy atom. The Bertz CT molecular complexity index is 712. The van der Waals surface area contributed by atoms with Crippen molar-refractivity contribution in [1.29, 1.82) is 0 Å². The van der Waals surface area contributed by atoms with Gasteiger partial charge in [-0.1, -0.05) is 23.7 Å². The Morgan fingerprint density at radius 1 is 1.43 bits per heavy atom. The molecule has 21 heavy (non-hydrogen) atoms. The molecule has 1 saturated carbocycles. The zero-order chi connectivity index (χ0) is 14.6. The number of thiazole rings is 1. The molecule has 2 aromatic rings. The topological polar surface area (TPSA) is 33.2 Å². The Balaban J connectivity index is 1.70. The van der Waals surface area contributed by atoms with Crippen LogP contribution in [-0.4, -0.2) is 27.9 Å². The van der Waals surface area contributed by atoms with E-state index in [2.05, 4.69) is 11.9 Å². The van der Waals surface area contributed by atoms with Crippen molar-refractivity contribution in [2.24, 2.45) is 5.92 Å². The number of fused-ring (bicyclic) bond motifs is 1. The lowest BCUT2D eigenvalue weighted by Gasteiger charge is -2.24. The standard InChI is InChI=1S/C16H15ClN2OS/c1-9-5-11-7-13(11)19(9)16(20)14-15(21-8-18-14)10-3-2-4-12(17)6-10/h2-4,6,8-9,11,13H,5,7H2,1H3/t9-,11+,13-/m0/s1. The second-order valence-corrected chi connectivity index (χ2v) is 7.19. The lowest BCUT2D eigenvalue weighted by Crippen LogP contribution is -2.37. The SMILES string of the molecule is C[C@H]1C[C@@H]2C[C@@H]2N1C(=O)c1ncsc1-c1cccc(Cl)c1. The van der Waals surface area contributed by atoms with Crippen LogP contribution >= 0.6 is 22.9 Å². The Hall–Kier alpha value is -1.39. The summed E-state index contributed by atoms with van der Waals surface area (Å²) in [5.74, 6) is 0.793. The number of halogens is 1. The molecule has 1 saturated heterocycles. The molecule has 0 unspecified atom stereocenters. The van der Waals surface area contributed by atoms with E-state index in [-0.39, 0.29) is 5.91 Å². The molecular formula is C16H15ClN2OS. The van der Waals surface area contributed by atoms with Crippen molar-refractivity contribution < 1.29 is 4.79 Å². The normalized spacial score (nSPS) is 26.8. The van der Waals surface area contributed by atoms with Crippen molar-refractivity contribution >= 4 is 28.8 Å². The first-order valence-electron chi connectivity index (χ1n) is 7.17. The number of amides is 1. The fourth-order valence-corrected chi connectivity index (χ4v) is 4.38. The highest BCUT2D eigenvalue weighted by molar-refractivity contribution is 7.13. The van der Waals surface area contributed by atoms with E-state index in [0.717, 1.165) is 29.2 Å². The van der Waals surface area contributed by atoms with E-state index < -0.39 is 0 Å². The summed E-state index contributed by atoms with van der Waals surface area (Å²) in [7, 11) is 0. The van der Waals surface area contributed by atoms with E-state index in [9.17, 15) is 4.79 Å². The molecule has 1 aromatic carbocycles. The molecule has 0 spiro atoms. The molecule has 0 N–H and O–H groups in total. The van der Waals surface area contributed by atoms with E-state index in [1.54, 1.807) is 5.51 Å². The minimum atomic E-state index is 0.0729. The van der Waals surface area contributed by atoms with Crippen molar-refractivity contribution in [3.05, 3.63) is 40.5 Å². The number of carbonyl (C=O) groups is 1. The molecular weight excluding hydrogens is 304 g/mol. The molecule has 1 amide bonds. The maximum absolute atomic E-state index is 12.9. The number of aromatic nitrogens is 1. The molecule has 4 rings (SSSR count). The Kier molecular flexibility index (Phi) is 3.05. The van der Waals surface area contributed by atoms with Gasteiger partial charge in [0.1, 0.15) is 5.69 Å². The molecule has 5 heteroatoms. The molecule has 3 nitrogen and oxygen atoms in total. The number of benzene rings is 1. The first-order chi connectivity index (χ1) is 10.1. The van der Waals surface area contributed by atoms with Crippen LogP contribution in [0.25, 0.3) is 10.4 Å². The summed E-state index contributed by atoms with van der Waals surface area (Å²) in [6.45, 7) is 2.13. The van der Waals surface area contributed by atoms with Gasteiger partial charge < -0.3 is 4.90 Å². The predicted molar refractivity (Wildman–Crippen MR) is 84.7 cm³/mol. The maximum Gasteiger partial charge on any atom is 0.274 e. The Morgan fingerprint density at radius 3 is 3.00 bits per heavy atom. The van der Waals surface area contributed by atoms with E-state index in [1.807, 2.05) is 29.2 Å². The van der Waals surface area contributed by atoms with Gasteiger partial charge in [0.15, 0.2) is 0 Å². The van der Waals surface area contributed by atoms with Crippen molar-refractivity contribution in [3.8, 4) is 10.4 Å². The number of carbonyl (C=O) groups excluding carboxylic acids is 1. The smallest absolute Gasteiger partial charge is 0.274 e. The highest BCUT2D eigenvalue weighted by Crippen LogP contribution is 2.48. The summed E-state index contributed by atoms with van der Waals surface area (Å²) in [6.07, 6.45) is 2.29. The number of nitrogens with zero attached hydrogens (tertiary/aromatic N) is 2. The van der Waals surface area contributed by atoms with Gasteiger partial charge in [-0.2, -0.15) is 0 Å². The quantitative estimate of drug-likeness (QED) is 0.835. The lowest BCUT2D eigenvalue weighted by molar-refractivity contribution is 0.0709. The van der Waals surface area contributed by atoms with Gasteiger partial charge in [-0.3, -0.25) is 4.79 Å². The van der Waals surface area contributed by atoms with Crippen molar-refractivity contribution in [2.45, 2.75) is 31.8 Å². The number of hydrogen-bond acceptors (Lipinski definition) is 3. The molecule has 2 fully saturated rings. The zero-order valence-corrected chi connectivity index (χ0v) is 13.2. The molecule has 0 radical (unpaired) electrons. The largest absolute Gasteiger partial charge is 0.331 e. The van der Waals surface area contributed by atoms with Crippen LogP contribution in [0.15, 0.2) is 29.8 Å². The number of likely N-dealkylation sites (tertiary alicyclic amines) is 1. The fraction of sp³-hybridized carbons (Fsp3) is 0.375. The van der Waals surface area contributed by atoms with Crippen LogP contribution in [0.2, 0.25) is 5.02 Å². The molecule has 1 aromatic heterocycles. The summed E-state index contributed by atoms with van der Waals surface area (Å²) in [5, 5.41) is 0.677. The monoisotopic (exact) mass is 318 g/mol. The number of rotatable bonds is 2. The maximum atomic E-state index is 12.9. The van der Waals surface area contributed by atoms with E-state index in [1.165, 1.54) is 11.3 Å². The molecule has 2 aliphatic rings. The van der Waals surface area contributed by atoms with Crippen LogP contribution in [0, 0.1) is 5.92 Å². The third kappa shape index (κ3) is 2.17. The van der Waals surface area contributed by atoms with Crippen LogP contribution in [0.1, 0.15) is 30.3 Å². The summed E-state index contributed by atoms with van der Waals surface area (Å²) in [6, 6.07) is 8.38. The van der Waals surface area contributed by atoms with Crippen LogP contribution in [0.3, 0.4) is 0 Å². The van der Waals surface area contributed by atoms with Gasteiger partial charge in [-0.15, -0.1) is 11.3 Å². The first-order valence-corrected chi connectivity index (χ1v) is 8.43. The van der Waals surface area contributed by atoms with Crippen molar-refractivity contribution in [3.63, 3.8) is 0 Å². The summed E-state index contributed by atoms with van der Waals surface area (Å²) < 4.78 is 0. The fourth-order valence-electron chi connectivity index (χ4n) is 3.41. The van der Waals surface area contributed by atoms with Gasteiger partial charge in [0.2, 0.25) is 0 Å². The van der Waals surface area contributed by atoms with E-state index in [0.29, 0.717) is 22.8 Å². The summed E-state index contributed by atoms with van der Waals surface area (Å²) in [5.41, 5.74) is 3.28. The molecule has 3 atom stereocenters. The van der Waals surface area contributed by atoms with Crippen molar-refractivity contribution in [1.82, 2.24) is 9.88 Å². The number of hydrogen-bond donors (Lipinski definition) is 0. The van der Waals surface area contributed by atoms with Crippen LogP contribution in [-0.2, 0) is 0 Å². The molecule has 108 valence electrons. The van der Waals surface area contributed by atoms with Crippen LogP contribution in [0.4, 0.5) is 0 Å². The molecule has 2 heterocycles. The van der Waals surface area contributed by atoms with Gasteiger partial charge >= 0.3 is 0 Å². The van der Waals surface area contributed by atoms with Crippen molar-refractivity contribution in [2.75, 3.05) is 0 Å². The predicted octanol–water partition coefficient (Wildman–Crippen LogP) is 4.09. The second kappa shape index (κ2) is 4.82. The van der Waals surface area contributed by atoms with Gasteiger partial charge in [0.25, 0.3) is 5.91 Å². The Labute approximate surface area is 132 Å². The number of piperidine rings is 1. The highest BCUT2D eigenvalue weighted by Gasteiger charge is 2.52. The van der Waals surface area contributed by atoms with Gasteiger partial charge in [-0.05, 0) is 43.4 Å². The first kappa shape index (κ1) is 13.3. The molecule has 0 bridgehead atoms. The van der Waals surface area contributed by atoms with Crippen LogP contribution in [0.5, 0.6) is 0 Å². The summed E-state index contributed by atoms with van der Waals surface area (Å²) in [4.78, 5) is 20.2. The molecule has 1 aliphatic heterocycles. The average Bonchev–Trinajstić information content (AvgIpc) is 2.92. The van der Waals surface area contributed by atoms with Crippen LogP contribution < -0.4 is 0 Å². The average molecular weight is 319 g/mol. The second-order valence-electron chi connectivity index (χ2n) is 5.90.